The maximum absolute atomic E-state index is 4.00. The van der Waals surface area contributed by atoms with Crippen LogP contribution in [-0.2, 0) is 6.04 Å². The first kappa shape index (κ1) is 10.7. The normalized spacial score (nSPS) is 12.5. The van der Waals surface area contributed by atoms with Crippen molar-refractivity contribution in [3.8, 4) is 0 Å². The lowest BCUT2D eigenvalue weighted by atomic mass is 10.2. The Labute approximate surface area is 90.4 Å². The molecule has 0 aliphatic rings. The van der Waals surface area contributed by atoms with Gasteiger partial charge in [-0.05, 0) is 10.1 Å². The second kappa shape index (κ2) is 5.40. The molecule has 1 aromatic rings. The molecule has 0 N–H and O–H groups in total. The minimum atomic E-state index is -0.791. The van der Waals surface area contributed by atoms with Gasteiger partial charge in [-0.3, -0.25) is 0 Å². The van der Waals surface area contributed by atoms with E-state index < -0.39 is 8.80 Å². The van der Waals surface area contributed by atoms with E-state index in [4.69, 9.17) is 0 Å². The van der Waals surface area contributed by atoms with Crippen LogP contribution in [0, 0.1) is 0 Å². The van der Waals surface area contributed by atoms with Gasteiger partial charge >= 0.3 is 0 Å². The molecule has 0 spiro atoms. The molecule has 1 unspecified atom stereocenters. The van der Waals surface area contributed by atoms with E-state index in [2.05, 4.69) is 59.8 Å². The summed E-state index contributed by atoms with van der Waals surface area (Å²) in [6.45, 7) is 6.26. The number of halogens is 1. The lowest BCUT2D eigenvalue weighted by Gasteiger charge is -2.11. The predicted octanol–water partition coefficient (Wildman–Crippen LogP) is 3.46. The molecule has 1 rings (SSSR count). The topological polar surface area (TPSA) is 0 Å². The van der Waals surface area contributed by atoms with Gasteiger partial charge in [0, 0.05) is 0 Å². The molecule has 70 valence electrons. The summed E-state index contributed by atoms with van der Waals surface area (Å²) in [6, 6.07) is 13.2. The fraction of sp³-hybridized carbons (Fsp3) is 0.273. The molecule has 0 radical (unpaired) electrons. The summed E-state index contributed by atoms with van der Waals surface area (Å²) < 4.78 is 1.25. The van der Waals surface area contributed by atoms with Crippen molar-refractivity contribution in [1.29, 1.82) is 0 Å². The fourth-order valence-corrected chi connectivity index (χ4v) is 4.63. The molecule has 1 atom stereocenters. The first-order valence-electron chi connectivity index (χ1n) is 4.62. The molecule has 0 bridgehead atoms. The van der Waals surface area contributed by atoms with Crippen molar-refractivity contribution < 1.29 is 0 Å². The minimum Gasteiger partial charge on any atom is -0.0933 e. The summed E-state index contributed by atoms with van der Waals surface area (Å²) in [5.74, 6) is 0. The van der Waals surface area contributed by atoms with E-state index in [1.54, 1.807) is 0 Å². The largest absolute Gasteiger partial charge is 0.0933 e. The van der Waals surface area contributed by atoms with E-state index in [0.717, 1.165) is 0 Å². The maximum Gasteiger partial charge on any atom is 0.0830 e. The number of hydrogen-bond acceptors (Lipinski definition) is 0. The first-order valence-corrected chi connectivity index (χ1v) is 7.62. The van der Waals surface area contributed by atoms with E-state index >= 15 is 0 Å². The molecule has 0 nitrogen and oxygen atoms in total. The Morgan fingerprint density at radius 2 is 2.00 bits per heavy atom. The van der Waals surface area contributed by atoms with Crippen LogP contribution in [0.5, 0.6) is 0 Å². The number of hydrogen-bond donors (Lipinski definition) is 0. The molecule has 2 heteroatoms. The Morgan fingerprint density at radius 3 is 2.46 bits per heavy atom. The van der Waals surface area contributed by atoms with Gasteiger partial charge in [0.15, 0.2) is 0 Å². The first-order chi connectivity index (χ1) is 6.24. The van der Waals surface area contributed by atoms with Crippen molar-refractivity contribution in [2.24, 2.45) is 0 Å². The van der Waals surface area contributed by atoms with Gasteiger partial charge in [0.05, 0.1) is 8.80 Å². The molecule has 0 saturated carbocycles. The van der Waals surface area contributed by atoms with Gasteiger partial charge in [-0.1, -0.05) is 71.4 Å². The molecule has 13 heavy (non-hydrogen) atoms. The third-order valence-corrected chi connectivity index (χ3v) is 7.04. The van der Waals surface area contributed by atoms with E-state index in [9.17, 15) is 0 Å². The van der Waals surface area contributed by atoms with E-state index in [1.807, 2.05) is 0 Å². The zero-order valence-electron chi connectivity index (χ0n) is 7.96. The van der Waals surface area contributed by atoms with Crippen molar-refractivity contribution in [2.45, 2.75) is 19.0 Å². The quantitative estimate of drug-likeness (QED) is 0.723. The molecule has 0 amide bonds. The Bertz CT molecular complexity index is 269. The van der Waals surface area contributed by atoms with Gasteiger partial charge in [0.25, 0.3) is 0 Å². The lowest BCUT2D eigenvalue weighted by Crippen LogP contribution is -2.15. The van der Waals surface area contributed by atoms with Crippen LogP contribution in [0.15, 0.2) is 41.0 Å². The lowest BCUT2D eigenvalue weighted by molar-refractivity contribution is 1.30. The number of benzene rings is 1. The fourth-order valence-electron chi connectivity index (χ4n) is 1.38. The Hall–Kier alpha value is -0.343. The molecule has 0 aliphatic carbocycles. The van der Waals surface area contributed by atoms with Crippen LogP contribution in [0.3, 0.4) is 0 Å². The van der Waals surface area contributed by atoms with Gasteiger partial charge in [-0.25, -0.2) is 0 Å². The van der Waals surface area contributed by atoms with Crippen molar-refractivity contribution in [2.75, 3.05) is 0 Å². The average Bonchev–Trinajstić information content (AvgIpc) is 2.15. The molecule has 0 fully saturated rings. The van der Waals surface area contributed by atoms with E-state index in [0.29, 0.717) is 0 Å². The minimum absolute atomic E-state index is 0.791. The molecule has 0 heterocycles. The maximum atomic E-state index is 4.00. The summed E-state index contributed by atoms with van der Waals surface area (Å²) in [5.41, 5.74) is 1.45. The van der Waals surface area contributed by atoms with Gasteiger partial charge in [-0.15, -0.1) is 0 Å². The summed E-state index contributed by atoms with van der Waals surface area (Å²) in [6.07, 6.45) is 0. The van der Waals surface area contributed by atoms with Gasteiger partial charge in [0.1, 0.15) is 0 Å². The van der Waals surface area contributed by atoms with Crippen molar-refractivity contribution in [1.82, 2.24) is 0 Å². The van der Waals surface area contributed by atoms with E-state index in [1.165, 1.54) is 21.8 Å². The monoisotopic (exact) mass is 254 g/mol. The van der Waals surface area contributed by atoms with Crippen LogP contribution in [0.4, 0.5) is 0 Å². The molecular formula is C11H15BrSi. The molecule has 0 aliphatic heterocycles. The van der Waals surface area contributed by atoms with Gasteiger partial charge in [0.2, 0.25) is 0 Å². The van der Waals surface area contributed by atoms with Gasteiger partial charge in [-0.2, -0.15) is 0 Å². The van der Waals surface area contributed by atoms with E-state index in [-0.39, 0.29) is 0 Å². The highest BCUT2D eigenvalue weighted by molar-refractivity contribution is 9.12. The standard InChI is InChI=1S/C11H15BrSi/c1-3-13(10(2)12)9-11-7-5-4-6-8-11/h4-8,13H,2-3,9H2,1H3. The van der Waals surface area contributed by atoms with Crippen LogP contribution in [0.2, 0.25) is 6.04 Å². The van der Waals surface area contributed by atoms with Crippen LogP contribution < -0.4 is 0 Å². The highest BCUT2D eigenvalue weighted by Crippen LogP contribution is 2.15. The van der Waals surface area contributed by atoms with Crippen molar-refractivity contribution in [3.63, 3.8) is 0 Å². The Morgan fingerprint density at radius 1 is 1.38 bits per heavy atom. The van der Waals surface area contributed by atoms with Crippen molar-refractivity contribution in [3.05, 3.63) is 46.6 Å². The molecule has 0 saturated heterocycles. The third-order valence-electron chi connectivity index (χ3n) is 2.26. The molecule has 1 aromatic carbocycles. The summed E-state index contributed by atoms with van der Waals surface area (Å²) in [7, 11) is -0.791. The zero-order chi connectivity index (χ0) is 9.68. The van der Waals surface area contributed by atoms with Crippen LogP contribution >= 0.6 is 15.9 Å². The van der Waals surface area contributed by atoms with Gasteiger partial charge < -0.3 is 0 Å². The second-order valence-electron chi connectivity index (χ2n) is 3.24. The predicted molar refractivity (Wildman–Crippen MR) is 65.8 cm³/mol. The molecule has 0 aromatic heterocycles. The highest BCUT2D eigenvalue weighted by Gasteiger charge is 2.10. The smallest absolute Gasteiger partial charge is 0.0830 e. The Balaban J connectivity index is 2.62. The highest BCUT2D eigenvalue weighted by atomic mass is 79.9. The average molecular weight is 255 g/mol. The third kappa shape index (κ3) is 3.49. The zero-order valence-corrected chi connectivity index (χ0v) is 10.7. The van der Waals surface area contributed by atoms with Crippen molar-refractivity contribution >= 4 is 24.7 Å². The summed E-state index contributed by atoms with van der Waals surface area (Å²) in [4.78, 5) is 0. The van der Waals surface area contributed by atoms with Crippen LogP contribution in [-0.4, -0.2) is 8.80 Å². The van der Waals surface area contributed by atoms with Crippen LogP contribution in [0.1, 0.15) is 12.5 Å². The summed E-state index contributed by atoms with van der Waals surface area (Å²) >= 11 is 3.53. The molecular weight excluding hydrogens is 240 g/mol. The number of rotatable bonds is 4. The van der Waals surface area contributed by atoms with Crippen LogP contribution in [0.25, 0.3) is 0 Å². The SMILES string of the molecule is C=C(Br)[SiH](CC)Cc1ccccc1. The second-order valence-corrected chi connectivity index (χ2v) is 8.42. The summed E-state index contributed by atoms with van der Waals surface area (Å²) in [5, 5.41) is 0. The Kier molecular flexibility index (Phi) is 4.46.